The van der Waals surface area contributed by atoms with Gasteiger partial charge in [-0.05, 0) is 18.9 Å². The highest BCUT2D eigenvalue weighted by atomic mass is 35.5. The van der Waals surface area contributed by atoms with Crippen LogP contribution >= 0.6 is 11.6 Å². The molecule has 1 fully saturated rings. The van der Waals surface area contributed by atoms with Crippen LogP contribution in [-0.4, -0.2) is 34.6 Å². The molecule has 1 aromatic carbocycles. The molecule has 0 aliphatic heterocycles. The molecular weight excluding hydrogens is 287 g/mol. The monoisotopic (exact) mass is 300 g/mol. The van der Waals surface area contributed by atoms with Crippen molar-refractivity contribution >= 4 is 23.6 Å². The van der Waals surface area contributed by atoms with E-state index in [9.17, 15) is 14.0 Å². The first kappa shape index (κ1) is 14.6. The van der Waals surface area contributed by atoms with E-state index in [1.54, 1.807) is 6.07 Å². The van der Waals surface area contributed by atoms with E-state index in [2.05, 4.69) is 5.32 Å². The standard InChI is InChI=1S/C13H14ClFN2O3/c14-10-3-1-2-8(12(10)15)6-16-11(18)7-17(13(19)20)9-4-5-9/h1-3,9H,4-7H2,(H,16,18)(H,19,20). The maximum Gasteiger partial charge on any atom is 0.408 e. The lowest BCUT2D eigenvalue weighted by Gasteiger charge is -2.18. The summed E-state index contributed by atoms with van der Waals surface area (Å²) >= 11 is 5.63. The van der Waals surface area contributed by atoms with Crippen LogP contribution in [-0.2, 0) is 11.3 Å². The lowest BCUT2D eigenvalue weighted by Crippen LogP contribution is -2.41. The molecule has 1 saturated carbocycles. The second-order valence-corrected chi connectivity index (χ2v) is 5.04. The Morgan fingerprint density at radius 1 is 1.45 bits per heavy atom. The van der Waals surface area contributed by atoms with Crippen molar-refractivity contribution in [2.45, 2.75) is 25.4 Å². The Kier molecular flexibility index (Phi) is 4.44. The van der Waals surface area contributed by atoms with Crippen molar-refractivity contribution < 1.29 is 19.1 Å². The van der Waals surface area contributed by atoms with Crippen molar-refractivity contribution in [2.24, 2.45) is 0 Å². The van der Waals surface area contributed by atoms with E-state index in [1.165, 1.54) is 12.1 Å². The predicted molar refractivity (Wildman–Crippen MR) is 71.0 cm³/mol. The number of nitrogens with one attached hydrogen (secondary N) is 1. The highest BCUT2D eigenvalue weighted by Crippen LogP contribution is 2.26. The molecule has 0 spiro atoms. The average Bonchev–Trinajstić information content (AvgIpc) is 3.21. The Labute approximate surface area is 120 Å². The van der Waals surface area contributed by atoms with Crippen LogP contribution in [0.2, 0.25) is 5.02 Å². The Balaban J connectivity index is 1.88. The van der Waals surface area contributed by atoms with Gasteiger partial charge in [0.2, 0.25) is 5.91 Å². The molecule has 2 N–H and O–H groups in total. The summed E-state index contributed by atoms with van der Waals surface area (Å²) in [4.78, 5) is 23.7. The number of rotatable bonds is 5. The van der Waals surface area contributed by atoms with Gasteiger partial charge in [0, 0.05) is 18.2 Å². The smallest absolute Gasteiger partial charge is 0.408 e. The molecule has 0 aromatic heterocycles. The van der Waals surface area contributed by atoms with Gasteiger partial charge >= 0.3 is 6.09 Å². The van der Waals surface area contributed by atoms with Crippen LogP contribution in [0.4, 0.5) is 9.18 Å². The van der Waals surface area contributed by atoms with Gasteiger partial charge in [-0.3, -0.25) is 9.69 Å². The number of benzene rings is 1. The quantitative estimate of drug-likeness (QED) is 0.876. The number of carbonyl (C=O) groups excluding carboxylic acids is 1. The zero-order valence-electron chi connectivity index (χ0n) is 10.6. The molecular formula is C13H14ClFN2O3. The van der Waals surface area contributed by atoms with E-state index in [4.69, 9.17) is 16.7 Å². The summed E-state index contributed by atoms with van der Waals surface area (Å²) in [7, 11) is 0. The van der Waals surface area contributed by atoms with E-state index in [0.717, 1.165) is 17.7 Å². The van der Waals surface area contributed by atoms with Crippen LogP contribution in [0.15, 0.2) is 18.2 Å². The molecule has 0 unspecified atom stereocenters. The molecule has 0 bridgehead atoms. The number of nitrogens with zero attached hydrogens (tertiary/aromatic N) is 1. The molecule has 1 aromatic rings. The second kappa shape index (κ2) is 6.09. The summed E-state index contributed by atoms with van der Waals surface area (Å²) in [5, 5.41) is 11.4. The summed E-state index contributed by atoms with van der Waals surface area (Å²) in [6.45, 7) is -0.258. The fraction of sp³-hybridized carbons (Fsp3) is 0.385. The van der Waals surface area contributed by atoms with E-state index < -0.39 is 17.8 Å². The summed E-state index contributed by atoms with van der Waals surface area (Å²) in [5.41, 5.74) is 0.263. The van der Waals surface area contributed by atoms with Crippen molar-refractivity contribution in [3.05, 3.63) is 34.6 Å². The normalized spacial score (nSPS) is 13.9. The third-order valence-electron chi connectivity index (χ3n) is 3.05. The Hall–Kier alpha value is -1.82. The van der Waals surface area contributed by atoms with Crippen molar-refractivity contribution in [3.8, 4) is 0 Å². The fourth-order valence-electron chi connectivity index (χ4n) is 1.83. The molecule has 0 radical (unpaired) electrons. The molecule has 7 heteroatoms. The van der Waals surface area contributed by atoms with Crippen molar-refractivity contribution in [2.75, 3.05) is 6.54 Å². The molecule has 0 atom stereocenters. The SMILES string of the molecule is O=C(CN(C(=O)O)C1CC1)NCc1cccc(Cl)c1F. The Morgan fingerprint density at radius 3 is 2.75 bits per heavy atom. The van der Waals surface area contributed by atoms with Crippen LogP contribution in [0.1, 0.15) is 18.4 Å². The van der Waals surface area contributed by atoms with E-state index in [1.807, 2.05) is 0 Å². The van der Waals surface area contributed by atoms with Crippen LogP contribution in [0.5, 0.6) is 0 Å². The van der Waals surface area contributed by atoms with Gasteiger partial charge < -0.3 is 10.4 Å². The predicted octanol–water partition coefficient (Wildman–Crippen LogP) is 2.24. The summed E-state index contributed by atoms with van der Waals surface area (Å²) in [5.74, 6) is -1.04. The van der Waals surface area contributed by atoms with Crippen LogP contribution in [0.25, 0.3) is 0 Å². The maximum atomic E-state index is 13.6. The van der Waals surface area contributed by atoms with Crippen LogP contribution < -0.4 is 5.32 Å². The lowest BCUT2D eigenvalue weighted by molar-refractivity contribution is -0.122. The summed E-state index contributed by atoms with van der Waals surface area (Å²) < 4.78 is 13.6. The highest BCUT2D eigenvalue weighted by Gasteiger charge is 2.33. The molecule has 0 heterocycles. The second-order valence-electron chi connectivity index (χ2n) is 4.63. The van der Waals surface area contributed by atoms with Gasteiger partial charge in [-0.25, -0.2) is 9.18 Å². The minimum absolute atomic E-state index is 0.0121. The summed E-state index contributed by atoms with van der Waals surface area (Å²) in [6, 6.07) is 4.44. The van der Waals surface area contributed by atoms with Gasteiger partial charge in [0.25, 0.3) is 0 Å². The minimum Gasteiger partial charge on any atom is -0.465 e. The van der Waals surface area contributed by atoms with Crippen molar-refractivity contribution in [3.63, 3.8) is 0 Å². The van der Waals surface area contributed by atoms with Crippen molar-refractivity contribution in [1.29, 1.82) is 0 Å². The number of carboxylic acid groups (broad SMARTS) is 1. The van der Waals surface area contributed by atoms with Gasteiger partial charge in [0.1, 0.15) is 12.4 Å². The Morgan fingerprint density at radius 2 is 2.15 bits per heavy atom. The minimum atomic E-state index is -1.11. The largest absolute Gasteiger partial charge is 0.465 e. The van der Waals surface area contributed by atoms with E-state index in [0.29, 0.717) is 0 Å². The zero-order valence-corrected chi connectivity index (χ0v) is 11.4. The van der Waals surface area contributed by atoms with Gasteiger partial charge in [-0.2, -0.15) is 0 Å². The first-order chi connectivity index (χ1) is 9.49. The fourth-order valence-corrected chi connectivity index (χ4v) is 2.02. The molecule has 108 valence electrons. The maximum absolute atomic E-state index is 13.6. The molecule has 5 nitrogen and oxygen atoms in total. The Bertz CT molecular complexity index is 534. The average molecular weight is 301 g/mol. The van der Waals surface area contributed by atoms with Crippen molar-refractivity contribution in [1.82, 2.24) is 10.2 Å². The number of hydrogen-bond acceptors (Lipinski definition) is 2. The van der Waals surface area contributed by atoms with Gasteiger partial charge in [0.15, 0.2) is 0 Å². The van der Waals surface area contributed by atoms with E-state index >= 15 is 0 Å². The van der Waals surface area contributed by atoms with Crippen LogP contribution in [0, 0.1) is 5.82 Å². The zero-order chi connectivity index (χ0) is 14.7. The van der Waals surface area contributed by atoms with Crippen LogP contribution in [0.3, 0.4) is 0 Å². The third-order valence-corrected chi connectivity index (χ3v) is 3.35. The molecule has 0 saturated heterocycles. The lowest BCUT2D eigenvalue weighted by atomic mass is 10.2. The number of halogens is 2. The summed E-state index contributed by atoms with van der Waals surface area (Å²) in [6.07, 6.45) is 0.446. The topological polar surface area (TPSA) is 69.6 Å². The number of amides is 2. The van der Waals surface area contributed by atoms with E-state index in [-0.39, 0.29) is 29.7 Å². The third kappa shape index (κ3) is 3.60. The number of hydrogen-bond donors (Lipinski definition) is 2. The molecule has 2 rings (SSSR count). The molecule has 20 heavy (non-hydrogen) atoms. The first-order valence-corrected chi connectivity index (χ1v) is 6.56. The first-order valence-electron chi connectivity index (χ1n) is 6.18. The molecule has 2 amide bonds. The highest BCUT2D eigenvalue weighted by molar-refractivity contribution is 6.30. The number of carbonyl (C=O) groups is 2. The van der Waals surface area contributed by atoms with Gasteiger partial charge in [-0.15, -0.1) is 0 Å². The van der Waals surface area contributed by atoms with Gasteiger partial charge in [0.05, 0.1) is 5.02 Å². The molecule has 1 aliphatic rings. The molecule has 1 aliphatic carbocycles. The van der Waals surface area contributed by atoms with Gasteiger partial charge in [-0.1, -0.05) is 23.7 Å².